The Bertz CT molecular complexity index is 922. The zero-order valence-corrected chi connectivity index (χ0v) is 17.6. The Morgan fingerprint density at radius 2 is 1.79 bits per heavy atom. The summed E-state index contributed by atoms with van der Waals surface area (Å²) in [5.41, 5.74) is 1.75. The number of hydrogen-bond acceptors (Lipinski definition) is 4. The molecule has 0 bridgehead atoms. The number of anilines is 2. The van der Waals surface area contributed by atoms with E-state index in [1.165, 1.54) is 23.4 Å². The minimum atomic E-state index is -3.89. The first-order chi connectivity index (χ1) is 13.2. The number of sulfonamides is 1. The molecule has 2 N–H and O–H groups in total. The summed E-state index contributed by atoms with van der Waals surface area (Å²) in [5.74, 6) is -0.284. The van der Waals surface area contributed by atoms with E-state index >= 15 is 0 Å². The lowest BCUT2D eigenvalue weighted by molar-refractivity contribution is -0.114. The van der Waals surface area contributed by atoms with Gasteiger partial charge in [-0.05, 0) is 68.7 Å². The average molecular weight is 405 g/mol. The van der Waals surface area contributed by atoms with Crippen LogP contribution in [-0.4, -0.2) is 25.5 Å². The molecule has 0 spiro atoms. The summed E-state index contributed by atoms with van der Waals surface area (Å²) >= 11 is 0. The van der Waals surface area contributed by atoms with Crippen LogP contribution in [0.25, 0.3) is 0 Å². The third kappa shape index (κ3) is 5.04. The summed E-state index contributed by atoms with van der Waals surface area (Å²) in [6.45, 7) is 7.00. The van der Waals surface area contributed by atoms with Crippen LogP contribution in [0.2, 0.25) is 0 Å². The SMILES string of the molecule is CCCCc1ccc(N(C(C)C)S(=O)(=O)c2ccc(NC(C)=O)cc2)c(O)c1. The third-order valence-electron chi connectivity index (χ3n) is 4.30. The Hall–Kier alpha value is -2.54. The van der Waals surface area contributed by atoms with Crippen molar-refractivity contribution in [3.8, 4) is 5.75 Å². The van der Waals surface area contributed by atoms with E-state index in [2.05, 4.69) is 12.2 Å². The molecule has 0 radical (unpaired) electrons. The zero-order valence-electron chi connectivity index (χ0n) is 16.8. The predicted octanol–water partition coefficient (Wildman–Crippen LogP) is 4.30. The van der Waals surface area contributed by atoms with Crippen molar-refractivity contribution in [2.45, 2.75) is 57.9 Å². The van der Waals surface area contributed by atoms with Crippen molar-refractivity contribution in [1.82, 2.24) is 0 Å². The van der Waals surface area contributed by atoms with Gasteiger partial charge in [-0.25, -0.2) is 8.42 Å². The summed E-state index contributed by atoms with van der Waals surface area (Å²) in [5, 5.41) is 13.1. The zero-order chi connectivity index (χ0) is 20.9. The van der Waals surface area contributed by atoms with E-state index in [4.69, 9.17) is 0 Å². The van der Waals surface area contributed by atoms with Crippen molar-refractivity contribution in [2.75, 3.05) is 9.62 Å². The number of carbonyl (C=O) groups excluding carboxylic acids is 1. The van der Waals surface area contributed by atoms with Gasteiger partial charge in [-0.2, -0.15) is 0 Å². The molecular weight excluding hydrogens is 376 g/mol. The maximum absolute atomic E-state index is 13.2. The monoisotopic (exact) mass is 404 g/mol. The van der Waals surface area contributed by atoms with Crippen molar-refractivity contribution in [2.24, 2.45) is 0 Å². The van der Waals surface area contributed by atoms with E-state index in [-0.39, 0.29) is 22.2 Å². The second-order valence-corrected chi connectivity index (χ2v) is 8.84. The molecule has 28 heavy (non-hydrogen) atoms. The number of nitrogens with one attached hydrogen (secondary N) is 1. The number of aryl methyl sites for hydroxylation is 1. The average Bonchev–Trinajstić information content (AvgIpc) is 2.61. The molecule has 0 aromatic heterocycles. The summed E-state index contributed by atoms with van der Waals surface area (Å²) in [6.07, 6.45) is 2.89. The van der Waals surface area contributed by atoms with Gasteiger partial charge in [0.25, 0.3) is 10.0 Å². The Morgan fingerprint density at radius 1 is 1.14 bits per heavy atom. The number of nitrogens with zero attached hydrogens (tertiary/aromatic N) is 1. The van der Waals surface area contributed by atoms with Gasteiger partial charge in [0.1, 0.15) is 5.75 Å². The largest absolute Gasteiger partial charge is 0.506 e. The molecule has 0 unspecified atom stereocenters. The first-order valence-corrected chi connectivity index (χ1v) is 10.8. The molecule has 0 heterocycles. The van der Waals surface area contributed by atoms with Gasteiger partial charge in [-0.15, -0.1) is 0 Å². The third-order valence-corrected chi connectivity index (χ3v) is 6.30. The Morgan fingerprint density at radius 3 is 2.29 bits per heavy atom. The van der Waals surface area contributed by atoms with E-state index in [0.29, 0.717) is 5.69 Å². The second kappa shape index (κ2) is 9.10. The Labute approximate surface area is 167 Å². The van der Waals surface area contributed by atoms with Crippen LogP contribution in [0.5, 0.6) is 5.75 Å². The first kappa shape index (κ1) is 21.8. The highest BCUT2D eigenvalue weighted by molar-refractivity contribution is 7.92. The number of hydrogen-bond donors (Lipinski definition) is 2. The number of carbonyl (C=O) groups is 1. The highest BCUT2D eigenvalue weighted by Crippen LogP contribution is 2.34. The lowest BCUT2D eigenvalue weighted by Gasteiger charge is -2.29. The van der Waals surface area contributed by atoms with Crippen molar-refractivity contribution in [3.05, 3.63) is 48.0 Å². The van der Waals surface area contributed by atoms with Gasteiger partial charge in [0.15, 0.2) is 0 Å². The fourth-order valence-corrected chi connectivity index (χ4v) is 4.68. The number of phenolic OH excluding ortho intramolecular Hbond substituents is 1. The van der Waals surface area contributed by atoms with Crippen LogP contribution in [-0.2, 0) is 21.2 Å². The van der Waals surface area contributed by atoms with E-state index in [1.54, 1.807) is 38.1 Å². The molecule has 2 rings (SSSR count). The van der Waals surface area contributed by atoms with Crippen molar-refractivity contribution in [1.29, 1.82) is 0 Å². The van der Waals surface area contributed by atoms with Crippen LogP contribution >= 0.6 is 0 Å². The predicted molar refractivity (Wildman–Crippen MR) is 112 cm³/mol. The number of phenols is 1. The highest BCUT2D eigenvalue weighted by atomic mass is 32.2. The molecule has 0 fully saturated rings. The van der Waals surface area contributed by atoms with E-state index in [9.17, 15) is 18.3 Å². The molecule has 2 aromatic rings. The number of benzene rings is 2. The molecule has 2 aromatic carbocycles. The fraction of sp³-hybridized carbons (Fsp3) is 0.381. The first-order valence-electron chi connectivity index (χ1n) is 9.40. The quantitative estimate of drug-likeness (QED) is 0.687. The molecular formula is C21H28N2O4S. The number of amides is 1. The molecule has 0 atom stereocenters. The van der Waals surface area contributed by atoms with Gasteiger partial charge in [0, 0.05) is 18.7 Å². The molecule has 1 amide bonds. The minimum absolute atomic E-state index is 0.0549. The molecule has 0 aliphatic carbocycles. The fourth-order valence-electron chi connectivity index (χ4n) is 3.00. The van der Waals surface area contributed by atoms with Crippen LogP contribution in [0.1, 0.15) is 46.1 Å². The van der Waals surface area contributed by atoms with Crippen molar-refractivity contribution >= 4 is 27.3 Å². The van der Waals surface area contributed by atoms with Gasteiger partial charge in [0.2, 0.25) is 5.91 Å². The summed E-state index contributed by atoms with van der Waals surface area (Å²) in [6, 6.07) is 10.7. The molecule has 152 valence electrons. The lowest BCUT2D eigenvalue weighted by Crippen LogP contribution is -2.37. The van der Waals surface area contributed by atoms with Crippen LogP contribution in [0, 0.1) is 0 Å². The molecule has 0 saturated carbocycles. The highest BCUT2D eigenvalue weighted by Gasteiger charge is 2.29. The van der Waals surface area contributed by atoms with Crippen LogP contribution in [0.4, 0.5) is 11.4 Å². The number of unbranched alkanes of at least 4 members (excludes halogenated alkanes) is 1. The molecule has 0 saturated heterocycles. The van der Waals surface area contributed by atoms with Gasteiger partial charge < -0.3 is 10.4 Å². The number of aromatic hydroxyl groups is 1. The standard InChI is InChI=1S/C21H28N2O4S/c1-5-6-7-17-8-13-20(21(25)14-17)23(15(2)3)28(26,27)19-11-9-18(10-12-19)22-16(4)24/h8-15,25H,5-7H2,1-4H3,(H,22,24). The topological polar surface area (TPSA) is 86.7 Å². The van der Waals surface area contributed by atoms with Crippen LogP contribution < -0.4 is 9.62 Å². The lowest BCUT2D eigenvalue weighted by atomic mass is 10.1. The van der Waals surface area contributed by atoms with E-state index in [1.807, 2.05) is 6.07 Å². The van der Waals surface area contributed by atoms with Crippen LogP contribution in [0.15, 0.2) is 47.4 Å². The van der Waals surface area contributed by atoms with E-state index in [0.717, 1.165) is 24.8 Å². The van der Waals surface area contributed by atoms with Gasteiger partial charge in [-0.3, -0.25) is 9.10 Å². The molecule has 0 aliphatic heterocycles. The number of rotatable bonds is 8. The maximum atomic E-state index is 13.2. The van der Waals surface area contributed by atoms with Crippen molar-refractivity contribution < 1.29 is 18.3 Å². The normalized spacial score (nSPS) is 11.5. The summed E-state index contributed by atoms with van der Waals surface area (Å²) < 4.78 is 27.7. The Kier molecular flexibility index (Phi) is 7.07. The van der Waals surface area contributed by atoms with Gasteiger partial charge in [-0.1, -0.05) is 19.4 Å². The Balaban J connectivity index is 2.40. The van der Waals surface area contributed by atoms with Crippen molar-refractivity contribution in [3.63, 3.8) is 0 Å². The minimum Gasteiger partial charge on any atom is -0.506 e. The molecule has 6 nitrogen and oxygen atoms in total. The summed E-state index contributed by atoms with van der Waals surface area (Å²) in [7, 11) is -3.89. The molecule has 0 aliphatic rings. The van der Waals surface area contributed by atoms with E-state index < -0.39 is 16.1 Å². The maximum Gasteiger partial charge on any atom is 0.264 e. The van der Waals surface area contributed by atoms with Gasteiger partial charge in [0.05, 0.1) is 10.6 Å². The second-order valence-electron chi connectivity index (χ2n) is 7.03. The molecule has 7 heteroatoms. The van der Waals surface area contributed by atoms with Crippen LogP contribution in [0.3, 0.4) is 0 Å². The van der Waals surface area contributed by atoms with Gasteiger partial charge >= 0.3 is 0 Å². The smallest absolute Gasteiger partial charge is 0.264 e. The summed E-state index contributed by atoms with van der Waals surface area (Å²) in [4.78, 5) is 11.2.